The quantitative estimate of drug-likeness (QED) is 0.909. The highest BCUT2D eigenvalue weighted by atomic mass is 32.1. The Bertz CT molecular complexity index is 473. The lowest BCUT2D eigenvalue weighted by molar-refractivity contribution is -0.131. The molecule has 2 aliphatic rings. The highest BCUT2D eigenvalue weighted by Gasteiger charge is 2.23. The van der Waals surface area contributed by atoms with E-state index in [1.165, 1.54) is 29.8 Å². The van der Waals surface area contributed by atoms with Crippen LogP contribution in [0, 0.1) is 0 Å². The van der Waals surface area contributed by atoms with Gasteiger partial charge in [-0.15, -0.1) is 11.3 Å². The number of nitrogens with zero attached hydrogens (tertiary/aromatic N) is 2. The lowest BCUT2D eigenvalue weighted by Crippen LogP contribution is -2.43. The van der Waals surface area contributed by atoms with E-state index >= 15 is 0 Å². The molecule has 0 aliphatic carbocycles. The van der Waals surface area contributed by atoms with Crippen molar-refractivity contribution in [2.24, 2.45) is 0 Å². The van der Waals surface area contributed by atoms with Gasteiger partial charge in [0.15, 0.2) is 0 Å². The molecule has 1 aromatic heterocycles. The Labute approximate surface area is 124 Å². The fourth-order valence-corrected chi connectivity index (χ4v) is 4.05. The number of carbonyl (C=O) groups excluding carboxylic acids is 1. The highest BCUT2D eigenvalue weighted by molar-refractivity contribution is 7.10. The first-order chi connectivity index (χ1) is 9.74. The van der Waals surface area contributed by atoms with E-state index in [-0.39, 0.29) is 5.91 Å². The molecule has 5 heteroatoms. The molecule has 1 atom stereocenters. The van der Waals surface area contributed by atoms with Gasteiger partial charge in [-0.1, -0.05) is 0 Å². The lowest BCUT2D eigenvalue weighted by Gasteiger charge is -2.27. The number of amides is 1. The summed E-state index contributed by atoms with van der Waals surface area (Å²) < 4.78 is 0. The summed E-state index contributed by atoms with van der Waals surface area (Å²) in [6.45, 7) is 4.26. The third kappa shape index (κ3) is 3.05. The van der Waals surface area contributed by atoms with E-state index in [1.54, 1.807) is 0 Å². The van der Waals surface area contributed by atoms with Crippen LogP contribution in [0.1, 0.15) is 23.3 Å². The predicted octanol–water partition coefficient (Wildman–Crippen LogP) is 1.32. The number of carbonyl (C=O) groups is 1. The minimum atomic E-state index is 0.238. The van der Waals surface area contributed by atoms with Gasteiger partial charge in [-0.2, -0.15) is 0 Å². The molecule has 0 aromatic carbocycles. The molecule has 3 heterocycles. The summed E-state index contributed by atoms with van der Waals surface area (Å²) in [7, 11) is 2.17. The summed E-state index contributed by atoms with van der Waals surface area (Å²) in [5, 5.41) is 5.47. The molecule has 0 bridgehead atoms. The number of thiophene rings is 1. The van der Waals surface area contributed by atoms with Crippen molar-refractivity contribution in [3.8, 4) is 0 Å². The van der Waals surface area contributed by atoms with Gasteiger partial charge in [0.1, 0.15) is 0 Å². The summed E-state index contributed by atoms with van der Waals surface area (Å²) in [4.78, 5) is 18.1. The normalized spacial score (nSPS) is 23.1. The molecule has 1 aromatic rings. The summed E-state index contributed by atoms with van der Waals surface area (Å²) in [6, 6.07) is 2.76. The molecular formula is C15H23N3OS. The zero-order valence-electron chi connectivity index (χ0n) is 12.1. The van der Waals surface area contributed by atoms with Gasteiger partial charge in [-0.05, 0) is 49.9 Å². The summed E-state index contributed by atoms with van der Waals surface area (Å²) in [6.07, 6.45) is 3.55. The van der Waals surface area contributed by atoms with Gasteiger partial charge in [-0.25, -0.2) is 0 Å². The molecule has 20 heavy (non-hydrogen) atoms. The lowest BCUT2D eigenvalue weighted by atomic mass is 10.1. The van der Waals surface area contributed by atoms with Crippen molar-refractivity contribution in [1.82, 2.24) is 15.1 Å². The van der Waals surface area contributed by atoms with Crippen molar-refractivity contribution in [1.29, 1.82) is 0 Å². The Morgan fingerprint density at radius 2 is 2.40 bits per heavy atom. The van der Waals surface area contributed by atoms with Crippen LogP contribution < -0.4 is 5.32 Å². The first-order valence-corrected chi connectivity index (χ1v) is 8.36. The van der Waals surface area contributed by atoms with Gasteiger partial charge in [0.2, 0.25) is 5.91 Å². The minimum Gasteiger partial charge on any atom is -0.337 e. The van der Waals surface area contributed by atoms with Crippen molar-refractivity contribution in [2.75, 3.05) is 33.2 Å². The predicted molar refractivity (Wildman–Crippen MR) is 82.0 cm³/mol. The topological polar surface area (TPSA) is 35.6 Å². The fraction of sp³-hybridized carbons (Fsp3) is 0.667. The maximum Gasteiger partial charge on any atom is 0.236 e. The van der Waals surface area contributed by atoms with E-state index in [0.29, 0.717) is 12.6 Å². The molecule has 2 aliphatic heterocycles. The first-order valence-electron chi connectivity index (χ1n) is 7.48. The molecule has 0 spiro atoms. The number of rotatable bonds is 4. The van der Waals surface area contributed by atoms with Crippen LogP contribution in [0.5, 0.6) is 0 Å². The number of likely N-dealkylation sites (N-methyl/N-ethyl adjacent to an activating group) is 1. The van der Waals surface area contributed by atoms with Crippen LogP contribution in [-0.4, -0.2) is 55.0 Å². The van der Waals surface area contributed by atoms with Crippen molar-refractivity contribution >= 4 is 17.2 Å². The molecule has 1 N–H and O–H groups in total. The van der Waals surface area contributed by atoms with Gasteiger partial charge in [0, 0.05) is 30.6 Å². The van der Waals surface area contributed by atoms with E-state index in [9.17, 15) is 4.79 Å². The van der Waals surface area contributed by atoms with E-state index in [1.807, 2.05) is 16.2 Å². The van der Waals surface area contributed by atoms with Gasteiger partial charge in [-0.3, -0.25) is 4.79 Å². The van der Waals surface area contributed by atoms with Crippen molar-refractivity contribution in [3.63, 3.8) is 0 Å². The largest absolute Gasteiger partial charge is 0.337 e. The van der Waals surface area contributed by atoms with Gasteiger partial charge < -0.3 is 15.1 Å². The second-order valence-corrected chi connectivity index (χ2v) is 6.84. The van der Waals surface area contributed by atoms with E-state index in [4.69, 9.17) is 0 Å². The average molecular weight is 293 g/mol. The van der Waals surface area contributed by atoms with Crippen LogP contribution in [0.15, 0.2) is 11.4 Å². The van der Waals surface area contributed by atoms with Crippen LogP contribution >= 0.6 is 11.3 Å². The van der Waals surface area contributed by atoms with Crippen LogP contribution in [0.25, 0.3) is 0 Å². The highest BCUT2D eigenvalue weighted by Crippen LogP contribution is 2.23. The van der Waals surface area contributed by atoms with E-state index < -0.39 is 0 Å². The van der Waals surface area contributed by atoms with Gasteiger partial charge in [0.05, 0.1) is 6.54 Å². The third-order valence-corrected chi connectivity index (χ3v) is 5.51. The second kappa shape index (κ2) is 6.24. The third-order valence-electron chi connectivity index (χ3n) is 4.49. The van der Waals surface area contributed by atoms with Crippen molar-refractivity contribution in [3.05, 3.63) is 21.9 Å². The molecule has 4 nitrogen and oxygen atoms in total. The Balaban J connectivity index is 1.43. The monoisotopic (exact) mass is 293 g/mol. The molecule has 0 saturated carbocycles. The smallest absolute Gasteiger partial charge is 0.236 e. The molecule has 1 saturated heterocycles. The van der Waals surface area contributed by atoms with E-state index in [0.717, 1.165) is 26.1 Å². The Morgan fingerprint density at radius 3 is 3.20 bits per heavy atom. The van der Waals surface area contributed by atoms with Crippen LogP contribution in [0.3, 0.4) is 0 Å². The summed E-state index contributed by atoms with van der Waals surface area (Å²) in [5.74, 6) is 0.238. The molecular weight excluding hydrogens is 270 g/mol. The molecule has 1 fully saturated rings. The van der Waals surface area contributed by atoms with Crippen molar-refractivity contribution in [2.45, 2.75) is 31.8 Å². The Hall–Kier alpha value is -0.910. The van der Waals surface area contributed by atoms with E-state index in [2.05, 4.69) is 28.7 Å². The molecule has 1 amide bonds. The van der Waals surface area contributed by atoms with Crippen LogP contribution in [0.4, 0.5) is 0 Å². The number of hydrogen-bond donors (Lipinski definition) is 1. The Morgan fingerprint density at radius 1 is 1.50 bits per heavy atom. The van der Waals surface area contributed by atoms with Crippen LogP contribution in [0.2, 0.25) is 0 Å². The minimum absolute atomic E-state index is 0.238. The number of nitrogens with one attached hydrogen (secondary N) is 1. The molecule has 0 radical (unpaired) electrons. The summed E-state index contributed by atoms with van der Waals surface area (Å²) >= 11 is 1.81. The number of fused-ring (bicyclic) bond motifs is 1. The summed E-state index contributed by atoms with van der Waals surface area (Å²) in [5.41, 5.74) is 1.34. The standard InChI is InChI=1S/C15H23N3OS/c1-17-6-2-3-13(17)9-16-10-15(19)18-7-4-14-12(11-18)5-8-20-14/h5,8,13,16H,2-4,6-7,9-11H2,1H3. The Kier molecular flexibility index (Phi) is 4.38. The maximum atomic E-state index is 12.2. The fourth-order valence-electron chi connectivity index (χ4n) is 3.16. The van der Waals surface area contributed by atoms with Crippen molar-refractivity contribution < 1.29 is 4.79 Å². The number of likely N-dealkylation sites (tertiary alicyclic amines) is 1. The second-order valence-electron chi connectivity index (χ2n) is 5.84. The SMILES string of the molecule is CN1CCCC1CNCC(=O)N1CCc2sccc2C1. The molecule has 110 valence electrons. The zero-order valence-corrected chi connectivity index (χ0v) is 12.9. The van der Waals surface area contributed by atoms with Crippen LogP contribution in [-0.2, 0) is 17.8 Å². The average Bonchev–Trinajstić information content (AvgIpc) is 3.07. The molecule has 3 rings (SSSR count). The number of hydrogen-bond acceptors (Lipinski definition) is 4. The first kappa shape index (κ1) is 14.0. The van der Waals surface area contributed by atoms with Gasteiger partial charge in [0.25, 0.3) is 0 Å². The zero-order chi connectivity index (χ0) is 13.9. The maximum absolute atomic E-state index is 12.2. The van der Waals surface area contributed by atoms with Gasteiger partial charge >= 0.3 is 0 Å². The molecule has 1 unspecified atom stereocenters.